The van der Waals surface area contributed by atoms with Crippen LogP contribution in [0.5, 0.6) is 0 Å². The second-order valence-electron chi connectivity index (χ2n) is 10.5. The summed E-state index contributed by atoms with van der Waals surface area (Å²) in [6.45, 7) is 7.08. The Morgan fingerprint density at radius 2 is 1.62 bits per heavy atom. The molecule has 1 aliphatic heterocycles. The summed E-state index contributed by atoms with van der Waals surface area (Å²) in [6, 6.07) is 8.31. The Kier molecular flexibility index (Phi) is 9.26. The maximum atomic E-state index is 6.85. The van der Waals surface area contributed by atoms with Gasteiger partial charge in [0.05, 0.1) is 0 Å². The fraction of sp³-hybridized carbons (Fsp3) is 0.778. The molecule has 0 aromatic heterocycles. The van der Waals surface area contributed by atoms with E-state index >= 15 is 0 Å². The van der Waals surface area contributed by atoms with Crippen LogP contribution >= 0.6 is 20.5 Å². The molecule has 3 aliphatic rings. The van der Waals surface area contributed by atoms with E-state index in [4.69, 9.17) is 21.1 Å². The standard InChI is InChI=1S/C15H17ClO2S.3C4H9.Sn/c16-12-5-2-9(3-6-12)14-15(18-14)11-4-1-10(7-11)13(15)17-8-19;3*1-3-4-2;/h2-3,5-6,10-11,13-14,19H,1,4,7-8H2;3*1,3-4H2,2H3;/q;;;;+1/p-1/t10-,11+,13-,14-,15-;;;;/m0..../s1. The van der Waals surface area contributed by atoms with Crippen molar-refractivity contribution in [1.29, 1.82) is 0 Å². The van der Waals surface area contributed by atoms with E-state index in [0.717, 1.165) is 11.0 Å². The van der Waals surface area contributed by atoms with Gasteiger partial charge in [-0.2, -0.15) is 0 Å². The first kappa shape index (κ1) is 25.7. The molecule has 2 saturated carbocycles. The van der Waals surface area contributed by atoms with Gasteiger partial charge in [0.15, 0.2) is 0 Å². The minimum atomic E-state index is -2.21. The van der Waals surface area contributed by atoms with Gasteiger partial charge in [0.25, 0.3) is 0 Å². The van der Waals surface area contributed by atoms with Crippen LogP contribution in [0.1, 0.15) is 90.2 Å². The van der Waals surface area contributed by atoms with E-state index in [0.29, 0.717) is 17.9 Å². The minimum absolute atomic E-state index is 0.0499. The van der Waals surface area contributed by atoms with Gasteiger partial charge in [0, 0.05) is 0 Å². The number of epoxide rings is 1. The molecule has 2 bridgehead atoms. The van der Waals surface area contributed by atoms with Crippen molar-refractivity contribution >= 4 is 37.5 Å². The van der Waals surface area contributed by atoms with Crippen LogP contribution in [0.3, 0.4) is 0 Å². The number of hydrogen-bond acceptors (Lipinski definition) is 3. The van der Waals surface area contributed by atoms with Crippen LogP contribution in [0, 0.1) is 11.8 Å². The number of rotatable bonds is 14. The fourth-order valence-corrected chi connectivity index (χ4v) is 27.6. The molecule has 1 aromatic rings. The van der Waals surface area contributed by atoms with Gasteiger partial charge in [-0.3, -0.25) is 0 Å². The van der Waals surface area contributed by atoms with Gasteiger partial charge in [-0.1, -0.05) is 0 Å². The van der Waals surface area contributed by atoms with Crippen molar-refractivity contribution in [3.63, 3.8) is 0 Å². The number of fused-ring (bicyclic) bond motifs is 3. The van der Waals surface area contributed by atoms with E-state index in [1.54, 1.807) is 13.3 Å². The van der Waals surface area contributed by atoms with Crippen LogP contribution in [0.4, 0.5) is 0 Å². The van der Waals surface area contributed by atoms with Crippen LogP contribution in [0.15, 0.2) is 24.3 Å². The Morgan fingerprint density at radius 3 is 2.22 bits per heavy atom. The van der Waals surface area contributed by atoms with Crippen LogP contribution in [0.2, 0.25) is 18.3 Å². The molecule has 32 heavy (non-hydrogen) atoms. The number of benzene rings is 1. The van der Waals surface area contributed by atoms with E-state index in [9.17, 15) is 0 Å². The van der Waals surface area contributed by atoms with Crippen molar-refractivity contribution < 1.29 is 9.47 Å². The number of halogens is 1. The summed E-state index contributed by atoms with van der Waals surface area (Å²) in [5.74, 6) is 2.29. The fourth-order valence-electron chi connectivity index (χ4n) is 6.55. The van der Waals surface area contributed by atoms with Crippen LogP contribution in [-0.2, 0) is 9.47 Å². The molecule has 180 valence electrons. The van der Waals surface area contributed by atoms with Crippen molar-refractivity contribution in [2.75, 3.05) is 5.94 Å². The summed E-state index contributed by atoms with van der Waals surface area (Å²) in [4.78, 5) is 0. The summed E-state index contributed by atoms with van der Waals surface area (Å²) in [6.07, 6.45) is 12.7. The molecule has 5 atom stereocenters. The SMILES string of the molecule is CCC[CH2][Sn]([CH2]CCC)([CH2]CCC)[S]CO[C@H]1[C@H]2CC[C@H](C2)[C@]12O[C@H]2c1ccc(Cl)cc1. The van der Waals surface area contributed by atoms with Crippen molar-refractivity contribution in [3.05, 3.63) is 34.9 Å². The van der Waals surface area contributed by atoms with Crippen molar-refractivity contribution in [1.82, 2.24) is 0 Å². The number of ether oxygens (including phenoxy) is 2. The van der Waals surface area contributed by atoms with Gasteiger partial charge >= 0.3 is 209 Å². The van der Waals surface area contributed by atoms with Gasteiger partial charge in [-0.25, -0.2) is 0 Å². The second-order valence-corrected chi connectivity index (χ2v) is 30.8. The molecule has 3 fully saturated rings. The molecule has 1 heterocycles. The van der Waals surface area contributed by atoms with Crippen molar-refractivity contribution in [2.45, 2.75) is 110 Å². The van der Waals surface area contributed by atoms with Gasteiger partial charge in [0.2, 0.25) is 0 Å². The van der Waals surface area contributed by atoms with Gasteiger partial charge < -0.3 is 0 Å². The number of unbranched alkanes of at least 4 members (excludes halogenated alkanes) is 3. The van der Waals surface area contributed by atoms with E-state index in [1.807, 2.05) is 12.1 Å². The van der Waals surface area contributed by atoms with Gasteiger partial charge in [0.1, 0.15) is 0 Å². The van der Waals surface area contributed by atoms with Crippen LogP contribution < -0.4 is 0 Å². The molecule has 1 saturated heterocycles. The third-order valence-corrected chi connectivity index (χ3v) is 30.7. The molecular formula is C27H43ClO2SSn. The maximum absolute atomic E-state index is 6.85. The Balaban J connectivity index is 1.42. The summed E-state index contributed by atoms with van der Waals surface area (Å²) in [7, 11) is 2.35. The van der Waals surface area contributed by atoms with Crippen molar-refractivity contribution in [2.24, 2.45) is 11.8 Å². The van der Waals surface area contributed by atoms with Crippen LogP contribution in [-0.4, -0.2) is 34.6 Å². The molecule has 5 heteroatoms. The van der Waals surface area contributed by atoms with E-state index in [-0.39, 0.29) is 11.7 Å². The molecule has 2 aliphatic carbocycles. The summed E-state index contributed by atoms with van der Waals surface area (Å²) in [5.41, 5.74) is 1.23. The molecule has 0 N–H and O–H groups in total. The molecule has 2 nitrogen and oxygen atoms in total. The van der Waals surface area contributed by atoms with E-state index in [1.165, 1.54) is 63.4 Å². The number of hydrogen-bond donors (Lipinski definition) is 0. The molecule has 1 aromatic carbocycles. The molecule has 4 rings (SSSR count). The molecular weight excluding hydrogens is 543 g/mol. The monoisotopic (exact) mass is 586 g/mol. The first-order valence-electron chi connectivity index (χ1n) is 13.3. The van der Waals surface area contributed by atoms with E-state index < -0.39 is 17.0 Å². The zero-order valence-corrected chi connectivity index (χ0v) is 24.8. The third-order valence-electron chi connectivity index (χ3n) is 8.40. The first-order valence-corrected chi connectivity index (χ1v) is 24.2. The summed E-state index contributed by atoms with van der Waals surface area (Å²) < 4.78 is 18.0. The molecule has 1 spiro atoms. The first-order chi connectivity index (χ1) is 15.6. The van der Waals surface area contributed by atoms with Gasteiger partial charge in [-0.05, 0) is 0 Å². The van der Waals surface area contributed by atoms with E-state index in [2.05, 4.69) is 41.8 Å². The van der Waals surface area contributed by atoms with Crippen molar-refractivity contribution in [3.8, 4) is 0 Å². The predicted molar refractivity (Wildman–Crippen MR) is 141 cm³/mol. The summed E-state index contributed by atoms with van der Waals surface area (Å²) in [5, 5.41) is 0.802. The Morgan fingerprint density at radius 1 is 1.00 bits per heavy atom. The predicted octanol–water partition coefficient (Wildman–Crippen LogP) is 9.00. The second kappa shape index (κ2) is 11.5. The van der Waals surface area contributed by atoms with Gasteiger partial charge in [-0.15, -0.1) is 0 Å². The quantitative estimate of drug-likeness (QED) is 0.124. The molecule has 0 unspecified atom stereocenters. The normalized spacial score (nSPS) is 31.0. The molecule has 0 radical (unpaired) electrons. The third kappa shape index (κ3) is 5.37. The average molecular weight is 586 g/mol. The zero-order valence-electron chi connectivity index (χ0n) is 20.4. The average Bonchev–Trinajstić information content (AvgIpc) is 3.21. The zero-order chi connectivity index (χ0) is 22.6. The molecule has 0 amide bonds. The van der Waals surface area contributed by atoms with Crippen LogP contribution in [0.25, 0.3) is 0 Å². The Hall–Kier alpha value is 0.579. The topological polar surface area (TPSA) is 21.8 Å². The Bertz CT molecular complexity index is 707. The Labute approximate surface area is 208 Å². The summed E-state index contributed by atoms with van der Waals surface area (Å²) >= 11 is 3.93.